The summed E-state index contributed by atoms with van der Waals surface area (Å²) in [4.78, 5) is 10.1. The highest BCUT2D eigenvalue weighted by Crippen LogP contribution is 2.20. The molecule has 0 radical (unpaired) electrons. The fourth-order valence-electron chi connectivity index (χ4n) is 1.56. The van der Waals surface area contributed by atoms with Gasteiger partial charge in [-0.3, -0.25) is 0 Å². The summed E-state index contributed by atoms with van der Waals surface area (Å²) < 4.78 is 5.00. The molecule has 1 fully saturated rings. The lowest BCUT2D eigenvalue weighted by atomic mass is 10.3. The molecule has 1 N–H and O–H groups in total. The van der Waals surface area contributed by atoms with E-state index in [-0.39, 0.29) is 6.10 Å². The van der Waals surface area contributed by atoms with Crippen molar-refractivity contribution in [1.82, 2.24) is 9.97 Å². The molecule has 0 bridgehead atoms. The average molecular weight is 195 g/mol. The molecule has 76 valence electrons. The Morgan fingerprint density at radius 3 is 3.07 bits per heavy atom. The highest BCUT2D eigenvalue weighted by Gasteiger charge is 2.21. The highest BCUT2D eigenvalue weighted by molar-refractivity contribution is 5.41. The van der Waals surface area contributed by atoms with Crippen LogP contribution in [-0.2, 0) is 0 Å². The minimum absolute atomic E-state index is 0.240. The van der Waals surface area contributed by atoms with E-state index in [2.05, 4.69) is 9.97 Å². The molecular weight excluding hydrogens is 182 g/mol. The van der Waals surface area contributed by atoms with Crippen molar-refractivity contribution in [2.45, 2.75) is 12.5 Å². The van der Waals surface area contributed by atoms with E-state index in [1.807, 2.05) is 4.90 Å². The van der Waals surface area contributed by atoms with Crippen molar-refractivity contribution in [3.05, 3.63) is 12.4 Å². The van der Waals surface area contributed by atoms with Crippen LogP contribution < -0.4 is 9.64 Å². The Bertz CT molecular complexity index is 319. The van der Waals surface area contributed by atoms with Gasteiger partial charge in [0.05, 0.1) is 13.2 Å². The first-order chi connectivity index (χ1) is 6.79. The summed E-state index contributed by atoms with van der Waals surface area (Å²) in [6, 6.07) is 1.78. The molecule has 1 atom stereocenters. The second kappa shape index (κ2) is 3.79. The molecule has 1 aromatic heterocycles. The minimum atomic E-state index is -0.240. The zero-order chi connectivity index (χ0) is 9.97. The van der Waals surface area contributed by atoms with E-state index in [9.17, 15) is 5.11 Å². The average Bonchev–Trinajstić information content (AvgIpc) is 2.65. The Balaban J connectivity index is 2.15. The number of rotatable bonds is 2. The van der Waals surface area contributed by atoms with Crippen LogP contribution in [0.5, 0.6) is 5.88 Å². The van der Waals surface area contributed by atoms with E-state index < -0.39 is 0 Å². The van der Waals surface area contributed by atoms with Gasteiger partial charge in [-0.25, -0.2) is 9.97 Å². The normalized spacial score (nSPS) is 21.3. The maximum atomic E-state index is 9.37. The molecule has 2 heterocycles. The van der Waals surface area contributed by atoms with E-state index in [0.717, 1.165) is 18.8 Å². The molecule has 0 saturated carbocycles. The SMILES string of the molecule is COc1cc(N2CC[C@@H](O)C2)ncn1. The Hall–Kier alpha value is -1.36. The first-order valence-electron chi connectivity index (χ1n) is 4.58. The third-order valence-electron chi connectivity index (χ3n) is 2.32. The zero-order valence-electron chi connectivity index (χ0n) is 8.05. The molecule has 1 aliphatic heterocycles. The molecule has 14 heavy (non-hydrogen) atoms. The number of nitrogens with zero attached hydrogens (tertiary/aromatic N) is 3. The van der Waals surface area contributed by atoms with Crippen LogP contribution in [0, 0.1) is 0 Å². The number of β-amino-alcohol motifs (C(OH)–C–C–N with tert-alkyl or cyclic N) is 1. The minimum Gasteiger partial charge on any atom is -0.481 e. The van der Waals surface area contributed by atoms with Crippen LogP contribution in [0.2, 0.25) is 0 Å². The number of methoxy groups -OCH3 is 1. The van der Waals surface area contributed by atoms with Gasteiger partial charge in [-0.15, -0.1) is 0 Å². The Labute approximate surface area is 82.4 Å². The van der Waals surface area contributed by atoms with Crippen LogP contribution in [0.3, 0.4) is 0 Å². The third kappa shape index (κ3) is 1.77. The van der Waals surface area contributed by atoms with Crippen LogP contribution in [0.4, 0.5) is 5.82 Å². The molecule has 0 unspecified atom stereocenters. The van der Waals surface area contributed by atoms with Crippen molar-refractivity contribution in [3.63, 3.8) is 0 Å². The second-order valence-corrected chi connectivity index (χ2v) is 3.31. The zero-order valence-corrected chi connectivity index (χ0v) is 8.05. The third-order valence-corrected chi connectivity index (χ3v) is 2.32. The monoisotopic (exact) mass is 195 g/mol. The summed E-state index contributed by atoms with van der Waals surface area (Å²) in [5, 5.41) is 9.37. The summed E-state index contributed by atoms with van der Waals surface area (Å²) in [5.74, 6) is 1.37. The molecular formula is C9H13N3O2. The van der Waals surface area contributed by atoms with Gasteiger partial charge in [0.1, 0.15) is 12.1 Å². The molecule has 1 aliphatic rings. The summed E-state index contributed by atoms with van der Waals surface area (Å²) in [6.45, 7) is 1.47. The van der Waals surface area contributed by atoms with Gasteiger partial charge in [0.25, 0.3) is 0 Å². The Morgan fingerprint density at radius 1 is 1.57 bits per heavy atom. The van der Waals surface area contributed by atoms with E-state index in [4.69, 9.17) is 4.74 Å². The molecule has 1 aromatic rings. The van der Waals surface area contributed by atoms with Gasteiger partial charge in [-0.05, 0) is 6.42 Å². The van der Waals surface area contributed by atoms with Gasteiger partial charge in [0.2, 0.25) is 5.88 Å². The van der Waals surface area contributed by atoms with Crippen molar-refractivity contribution in [2.75, 3.05) is 25.1 Å². The van der Waals surface area contributed by atoms with Crippen LogP contribution in [0.25, 0.3) is 0 Å². The number of aliphatic hydroxyl groups excluding tert-OH is 1. The summed E-state index contributed by atoms with van der Waals surface area (Å²) >= 11 is 0. The smallest absolute Gasteiger partial charge is 0.218 e. The summed E-state index contributed by atoms with van der Waals surface area (Å²) in [6.07, 6.45) is 2.03. The van der Waals surface area contributed by atoms with Gasteiger partial charge in [0, 0.05) is 19.2 Å². The number of hydrogen-bond acceptors (Lipinski definition) is 5. The van der Waals surface area contributed by atoms with Gasteiger partial charge in [-0.1, -0.05) is 0 Å². The van der Waals surface area contributed by atoms with Crippen molar-refractivity contribution in [3.8, 4) is 5.88 Å². The number of aromatic nitrogens is 2. The predicted octanol–water partition coefficient (Wildman–Crippen LogP) is 0.0562. The van der Waals surface area contributed by atoms with Crippen LogP contribution in [0.1, 0.15) is 6.42 Å². The van der Waals surface area contributed by atoms with Gasteiger partial charge in [-0.2, -0.15) is 0 Å². The Kier molecular flexibility index (Phi) is 2.49. The number of ether oxygens (including phenoxy) is 1. The van der Waals surface area contributed by atoms with E-state index >= 15 is 0 Å². The van der Waals surface area contributed by atoms with Crippen molar-refractivity contribution in [1.29, 1.82) is 0 Å². The molecule has 0 aliphatic carbocycles. The lowest BCUT2D eigenvalue weighted by Gasteiger charge is -2.16. The van der Waals surface area contributed by atoms with Gasteiger partial charge in [0.15, 0.2) is 0 Å². The van der Waals surface area contributed by atoms with Crippen molar-refractivity contribution < 1.29 is 9.84 Å². The lowest BCUT2D eigenvalue weighted by molar-refractivity contribution is 0.198. The maximum Gasteiger partial charge on any atom is 0.218 e. The fourth-order valence-corrected chi connectivity index (χ4v) is 1.56. The summed E-state index contributed by atoms with van der Waals surface area (Å²) in [5.41, 5.74) is 0. The maximum absolute atomic E-state index is 9.37. The Morgan fingerprint density at radius 2 is 2.43 bits per heavy atom. The van der Waals surface area contributed by atoms with Gasteiger partial charge < -0.3 is 14.7 Å². The molecule has 0 amide bonds. The first kappa shape index (κ1) is 9.21. The first-order valence-corrected chi connectivity index (χ1v) is 4.58. The van der Waals surface area contributed by atoms with Crippen LogP contribution in [0.15, 0.2) is 12.4 Å². The van der Waals surface area contributed by atoms with E-state index in [0.29, 0.717) is 12.4 Å². The molecule has 5 heteroatoms. The quantitative estimate of drug-likeness (QED) is 0.723. The highest BCUT2D eigenvalue weighted by atomic mass is 16.5. The molecule has 2 rings (SSSR count). The fraction of sp³-hybridized carbons (Fsp3) is 0.556. The molecule has 0 spiro atoms. The van der Waals surface area contributed by atoms with Crippen LogP contribution in [-0.4, -0.2) is 41.4 Å². The molecule has 0 aromatic carbocycles. The lowest BCUT2D eigenvalue weighted by Crippen LogP contribution is -2.22. The summed E-state index contributed by atoms with van der Waals surface area (Å²) in [7, 11) is 1.57. The van der Waals surface area contributed by atoms with Crippen molar-refractivity contribution in [2.24, 2.45) is 0 Å². The number of anilines is 1. The second-order valence-electron chi connectivity index (χ2n) is 3.31. The van der Waals surface area contributed by atoms with E-state index in [1.165, 1.54) is 6.33 Å². The van der Waals surface area contributed by atoms with Crippen molar-refractivity contribution >= 4 is 5.82 Å². The van der Waals surface area contributed by atoms with Crippen LogP contribution >= 0.6 is 0 Å². The largest absolute Gasteiger partial charge is 0.481 e. The number of aliphatic hydroxyl groups is 1. The van der Waals surface area contributed by atoms with E-state index in [1.54, 1.807) is 13.2 Å². The standard InChI is InChI=1S/C9H13N3O2/c1-14-9-4-8(10-6-11-9)12-3-2-7(13)5-12/h4,6-7,13H,2-3,5H2,1H3/t7-/m1/s1. The topological polar surface area (TPSA) is 58.5 Å². The molecule has 1 saturated heterocycles. The predicted molar refractivity (Wildman–Crippen MR) is 51.4 cm³/mol. The molecule has 5 nitrogen and oxygen atoms in total. The number of hydrogen-bond donors (Lipinski definition) is 1. The van der Waals surface area contributed by atoms with Gasteiger partial charge >= 0.3 is 0 Å².